The maximum absolute atomic E-state index is 9.80. The normalized spacial score (nSPS) is 12.4. The van der Waals surface area contributed by atoms with Gasteiger partial charge >= 0.3 is 0 Å². The average molecular weight is 452 g/mol. The zero-order valence-electron chi connectivity index (χ0n) is 18.5. The second-order valence-corrected chi connectivity index (χ2v) is 22.4. The molecular formula is C24H34N3PSi2. The summed E-state index contributed by atoms with van der Waals surface area (Å²) in [6, 6.07) is 31.6. The first-order valence-electron chi connectivity index (χ1n) is 10.5. The van der Waals surface area contributed by atoms with Crippen LogP contribution in [0.3, 0.4) is 0 Å². The zero-order valence-corrected chi connectivity index (χ0v) is 21.4. The van der Waals surface area contributed by atoms with Crippen molar-refractivity contribution < 1.29 is 0 Å². The second kappa shape index (κ2) is 9.38. The Morgan fingerprint density at radius 2 is 0.933 bits per heavy atom. The van der Waals surface area contributed by atoms with E-state index in [4.69, 9.17) is 0 Å². The largest absolute Gasteiger partial charge is 0.410 e. The molecule has 6 heteroatoms. The lowest BCUT2D eigenvalue weighted by Crippen LogP contribution is -2.47. The summed E-state index contributed by atoms with van der Waals surface area (Å²) in [6.45, 7) is 9.47. The molecule has 158 valence electrons. The number of benzene rings is 3. The summed E-state index contributed by atoms with van der Waals surface area (Å²) in [5, 5.41) is 11.0. The van der Waals surface area contributed by atoms with Gasteiger partial charge in [-0.05, 0) is 48.2 Å². The van der Waals surface area contributed by atoms with Crippen LogP contribution in [0.5, 0.6) is 0 Å². The van der Waals surface area contributed by atoms with Gasteiger partial charge in [-0.1, -0.05) is 92.9 Å². The highest BCUT2D eigenvalue weighted by atomic mass is 31.2. The van der Waals surface area contributed by atoms with Crippen molar-refractivity contribution in [3.63, 3.8) is 0 Å². The van der Waals surface area contributed by atoms with Crippen LogP contribution in [0.25, 0.3) is 0 Å². The van der Waals surface area contributed by atoms with Crippen LogP contribution >= 0.6 is 7.05 Å². The van der Waals surface area contributed by atoms with Gasteiger partial charge in [0.2, 0.25) is 0 Å². The van der Waals surface area contributed by atoms with Crippen LogP contribution in [-0.2, 0) is 0 Å². The first-order chi connectivity index (χ1) is 14.2. The first-order valence-corrected chi connectivity index (χ1v) is 19.1. The third-order valence-electron chi connectivity index (χ3n) is 5.09. The van der Waals surface area contributed by atoms with Gasteiger partial charge in [-0.15, -0.1) is 0 Å². The molecular weight excluding hydrogens is 417 g/mol. The van der Waals surface area contributed by atoms with Crippen molar-refractivity contribution >= 4 is 40.2 Å². The molecule has 0 aliphatic rings. The summed E-state index contributed by atoms with van der Waals surface area (Å²) in [4.78, 5) is 7.64. The van der Waals surface area contributed by atoms with E-state index >= 15 is 0 Å². The summed E-state index contributed by atoms with van der Waals surface area (Å²) < 4.78 is 0. The molecule has 0 heterocycles. The predicted octanol–water partition coefficient (Wildman–Crippen LogP) is 6.80. The number of hydrogen-bond donors (Lipinski definition) is 3. The SMILES string of the molecule is C[Si](C)(CP(=N)(C[Si](C)(C)Nc1ccccc1)c1ccccc1)Nc1ccccc1. The highest BCUT2D eigenvalue weighted by Crippen LogP contribution is 2.49. The molecule has 0 spiro atoms. The molecule has 3 rings (SSSR count). The van der Waals surface area contributed by atoms with Gasteiger partial charge in [-0.2, -0.15) is 0 Å². The van der Waals surface area contributed by atoms with Crippen LogP contribution < -0.4 is 15.3 Å². The molecule has 3 aromatic rings. The summed E-state index contributed by atoms with van der Waals surface area (Å²) in [5.74, 6) is 1.93. The van der Waals surface area contributed by atoms with Crippen molar-refractivity contribution in [2.24, 2.45) is 0 Å². The van der Waals surface area contributed by atoms with Crippen molar-refractivity contribution in [2.75, 3.05) is 21.5 Å². The quantitative estimate of drug-likeness (QED) is 0.247. The summed E-state index contributed by atoms with van der Waals surface area (Å²) in [7, 11) is -5.79. The van der Waals surface area contributed by atoms with E-state index in [0.29, 0.717) is 0 Å². The lowest BCUT2D eigenvalue weighted by molar-refractivity contribution is 1.47. The second-order valence-electron chi connectivity index (χ2n) is 9.37. The van der Waals surface area contributed by atoms with E-state index in [1.165, 1.54) is 16.7 Å². The lowest BCUT2D eigenvalue weighted by atomic mass is 10.3. The van der Waals surface area contributed by atoms with Gasteiger partial charge in [-0.3, -0.25) is 0 Å². The predicted molar refractivity (Wildman–Crippen MR) is 141 cm³/mol. The standard InChI is InChI=1S/C24H34N3PSi2/c1-29(2,26-22-14-8-5-9-15-22)20-28(25,24-18-12-7-13-19-24)21-30(3,4)27-23-16-10-6-11-17-23/h5-19,25-27H,20-21H2,1-4H3. The number of hydrogen-bond acceptors (Lipinski definition) is 3. The van der Waals surface area contributed by atoms with Gasteiger partial charge in [0.15, 0.2) is 16.5 Å². The molecule has 0 aliphatic heterocycles. The highest BCUT2D eigenvalue weighted by molar-refractivity contribution is 7.77. The number of anilines is 2. The minimum atomic E-state index is -2.09. The fourth-order valence-corrected chi connectivity index (χ4v) is 21.2. The van der Waals surface area contributed by atoms with Gasteiger partial charge in [0, 0.05) is 11.4 Å². The Hall–Kier alpha value is -2.08. The van der Waals surface area contributed by atoms with Crippen LogP contribution in [0.2, 0.25) is 26.2 Å². The fourth-order valence-electron chi connectivity index (χ4n) is 4.20. The highest BCUT2D eigenvalue weighted by Gasteiger charge is 2.37. The first kappa shape index (κ1) is 22.6. The Morgan fingerprint density at radius 3 is 1.30 bits per heavy atom. The summed E-state index contributed by atoms with van der Waals surface area (Å²) in [6.07, 6.45) is 0. The Kier molecular flexibility index (Phi) is 7.07. The van der Waals surface area contributed by atoms with Crippen LogP contribution in [0, 0.1) is 5.16 Å². The van der Waals surface area contributed by atoms with Crippen molar-refractivity contribution in [3.05, 3.63) is 91.0 Å². The van der Waals surface area contributed by atoms with Crippen LogP contribution in [0.15, 0.2) is 91.0 Å². The molecule has 0 bridgehead atoms. The minimum Gasteiger partial charge on any atom is -0.410 e. The molecule has 0 unspecified atom stereocenters. The molecule has 0 aromatic heterocycles. The Balaban J connectivity index is 1.87. The Bertz CT molecular complexity index is 918. The minimum absolute atomic E-state index is 0.964. The lowest BCUT2D eigenvalue weighted by Gasteiger charge is -2.37. The average Bonchev–Trinajstić information content (AvgIpc) is 2.68. The van der Waals surface area contributed by atoms with E-state index < -0.39 is 23.5 Å². The van der Waals surface area contributed by atoms with Gasteiger partial charge < -0.3 is 15.1 Å². The molecule has 0 atom stereocenters. The number of para-hydroxylation sites is 2. The van der Waals surface area contributed by atoms with E-state index in [-0.39, 0.29) is 0 Å². The van der Waals surface area contributed by atoms with Gasteiger partial charge in [-0.25, -0.2) is 0 Å². The zero-order chi connectivity index (χ0) is 21.7. The van der Waals surface area contributed by atoms with Crippen LogP contribution in [-0.4, -0.2) is 28.0 Å². The van der Waals surface area contributed by atoms with E-state index in [2.05, 4.69) is 127 Å². The van der Waals surface area contributed by atoms with E-state index in [9.17, 15) is 5.16 Å². The maximum atomic E-state index is 9.80. The molecule has 3 aromatic carbocycles. The topological polar surface area (TPSA) is 47.9 Å². The van der Waals surface area contributed by atoms with Crippen molar-refractivity contribution in [3.8, 4) is 0 Å². The molecule has 0 saturated heterocycles. The molecule has 30 heavy (non-hydrogen) atoms. The van der Waals surface area contributed by atoms with E-state index in [1.807, 2.05) is 0 Å². The molecule has 0 aliphatic carbocycles. The van der Waals surface area contributed by atoms with Crippen molar-refractivity contribution in [1.82, 2.24) is 0 Å². The fraction of sp³-hybridized carbons (Fsp3) is 0.250. The smallest absolute Gasteiger partial charge is 0.153 e. The molecule has 0 radical (unpaired) electrons. The number of rotatable bonds is 9. The number of nitrogens with one attached hydrogen (secondary N) is 3. The van der Waals surface area contributed by atoms with E-state index in [0.717, 1.165) is 11.6 Å². The monoisotopic (exact) mass is 451 g/mol. The summed E-state index contributed by atoms with van der Waals surface area (Å²) in [5.41, 5.74) is 2.35. The van der Waals surface area contributed by atoms with Gasteiger partial charge in [0.1, 0.15) is 0 Å². The van der Waals surface area contributed by atoms with Crippen molar-refractivity contribution in [2.45, 2.75) is 26.2 Å². The van der Waals surface area contributed by atoms with Crippen LogP contribution in [0.1, 0.15) is 0 Å². The molecule has 0 amide bonds. The van der Waals surface area contributed by atoms with E-state index in [1.54, 1.807) is 0 Å². The van der Waals surface area contributed by atoms with Gasteiger partial charge in [0.05, 0.1) is 0 Å². The molecule has 0 saturated carbocycles. The Labute approximate surface area is 184 Å². The molecule has 3 nitrogen and oxygen atoms in total. The maximum Gasteiger partial charge on any atom is 0.153 e. The van der Waals surface area contributed by atoms with Gasteiger partial charge in [0.25, 0.3) is 0 Å². The molecule has 0 fully saturated rings. The van der Waals surface area contributed by atoms with Crippen molar-refractivity contribution in [1.29, 1.82) is 5.16 Å². The third-order valence-corrected chi connectivity index (χ3v) is 19.0. The Morgan fingerprint density at radius 1 is 0.600 bits per heavy atom. The third kappa shape index (κ3) is 6.46. The summed E-state index contributed by atoms with van der Waals surface area (Å²) >= 11 is 0. The molecule has 3 N–H and O–H groups in total. The van der Waals surface area contributed by atoms with Crippen LogP contribution in [0.4, 0.5) is 11.4 Å².